The number of rotatable bonds is 6. The number of likely N-dealkylation sites (N-methyl/N-ethyl adjacent to an activating group) is 1. The first-order valence-electron chi connectivity index (χ1n) is 7.23. The molecule has 0 heterocycles. The number of ether oxygens (including phenoxy) is 2. The van der Waals surface area contributed by atoms with Gasteiger partial charge < -0.3 is 14.4 Å². The molecule has 0 radical (unpaired) electrons. The first-order chi connectivity index (χ1) is 11.5. The van der Waals surface area contributed by atoms with Crippen molar-refractivity contribution in [3.05, 3.63) is 58.6 Å². The summed E-state index contributed by atoms with van der Waals surface area (Å²) >= 11 is 5.85. The Morgan fingerprint density at radius 3 is 2.54 bits per heavy atom. The molecular weight excluding hydrogens is 328 g/mol. The van der Waals surface area contributed by atoms with E-state index in [2.05, 4.69) is 0 Å². The molecule has 0 N–H and O–H groups in total. The lowest BCUT2D eigenvalue weighted by Gasteiger charge is -2.18. The van der Waals surface area contributed by atoms with E-state index in [1.165, 1.54) is 7.11 Å². The van der Waals surface area contributed by atoms with E-state index in [-0.39, 0.29) is 12.5 Å². The van der Waals surface area contributed by atoms with Crippen molar-refractivity contribution in [2.75, 3.05) is 20.8 Å². The molecule has 0 fully saturated rings. The summed E-state index contributed by atoms with van der Waals surface area (Å²) in [4.78, 5) is 13.8. The van der Waals surface area contributed by atoms with Crippen molar-refractivity contribution in [1.82, 2.24) is 4.90 Å². The third-order valence-electron chi connectivity index (χ3n) is 3.40. The average molecular weight is 345 g/mol. The first-order valence-corrected chi connectivity index (χ1v) is 7.60. The fourth-order valence-corrected chi connectivity index (χ4v) is 2.18. The molecule has 1 amide bonds. The van der Waals surface area contributed by atoms with E-state index in [1.807, 2.05) is 18.2 Å². The molecular formula is C18H17ClN2O3. The van der Waals surface area contributed by atoms with E-state index in [4.69, 9.17) is 26.3 Å². The summed E-state index contributed by atoms with van der Waals surface area (Å²) in [5, 5.41) is 9.54. The highest BCUT2D eigenvalue weighted by Crippen LogP contribution is 2.27. The van der Waals surface area contributed by atoms with Gasteiger partial charge in [0.1, 0.15) is 0 Å². The molecule has 0 spiro atoms. The van der Waals surface area contributed by atoms with Gasteiger partial charge in [0.05, 0.1) is 18.7 Å². The van der Waals surface area contributed by atoms with Crippen molar-refractivity contribution < 1.29 is 14.3 Å². The van der Waals surface area contributed by atoms with Gasteiger partial charge in [-0.1, -0.05) is 23.7 Å². The van der Waals surface area contributed by atoms with Crippen LogP contribution in [0.25, 0.3) is 0 Å². The summed E-state index contributed by atoms with van der Waals surface area (Å²) in [6, 6.07) is 14.1. The Morgan fingerprint density at radius 1 is 1.21 bits per heavy atom. The summed E-state index contributed by atoms with van der Waals surface area (Å²) in [5.74, 6) is 0.670. The largest absolute Gasteiger partial charge is 0.493 e. The smallest absolute Gasteiger partial charge is 0.260 e. The second-order valence-electron chi connectivity index (χ2n) is 5.14. The first kappa shape index (κ1) is 17.6. The van der Waals surface area contributed by atoms with Gasteiger partial charge in [-0.25, -0.2) is 0 Å². The molecule has 0 unspecified atom stereocenters. The Balaban J connectivity index is 1.95. The number of carbonyl (C=O) groups is 1. The molecule has 124 valence electrons. The fraction of sp³-hybridized carbons (Fsp3) is 0.222. The minimum Gasteiger partial charge on any atom is -0.493 e. The van der Waals surface area contributed by atoms with Crippen LogP contribution >= 0.6 is 11.6 Å². The van der Waals surface area contributed by atoms with Gasteiger partial charge in [0.15, 0.2) is 18.1 Å². The number of carbonyl (C=O) groups excluding carboxylic acids is 1. The maximum atomic E-state index is 12.2. The van der Waals surface area contributed by atoms with Crippen molar-refractivity contribution in [1.29, 1.82) is 5.26 Å². The predicted octanol–water partition coefficient (Wildman–Crippen LogP) is 3.26. The van der Waals surface area contributed by atoms with Gasteiger partial charge in [0.25, 0.3) is 5.91 Å². The van der Waals surface area contributed by atoms with Crippen molar-refractivity contribution in [2.24, 2.45) is 0 Å². The molecule has 0 saturated carbocycles. The van der Waals surface area contributed by atoms with E-state index in [9.17, 15) is 4.79 Å². The molecule has 2 rings (SSSR count). The number of hydrogen-bond donors (Lipinski definition) is 0. The van der Waals surface area contributed by atoms with Crippen molar-refractivity contribution in [3.63, 3.8) is 0 Å². The number of hydrogen-bond acceptors (Lipinski definition) is 4. The standard InChI is InChI=1S/C18H17ClN2O3/c1-21(11-13-3-6-15(19)7-4-13)18(22)12-24-16-8-5-14(10-20)9-17(16)23-2/h3-9H,11-12H2,1-2H3. The molecule has 0 aliphatic carbocycles. The van der Waals surface area contributed by atoms with Gasteiger partial charge in [-0.05, 0) is 29.8 Å². The SMILES string of the molecule is COc1cc(C#N)ccc1OCC(=O)N(C)Cc1ccc(Cl)cc1. The Labute approximate surface area is 146 Å². The number of amides is 1. The van der Waals surface area contributed by atoms with Gasteiger partial charge in [0.2, 0.25) is 0 Å². The van der Waals surface area contributed by atoms with Crippen molar-refractivity contribution in [2.45, 2.75) is 6.54 Å². The van der Waals surface area contributed by atoms with Gasteiger partial charge >= 0.3 is 0 Å². The topological polar surface area (TPSA) is 62.6 Å². The second kappa shape index (κ2) is 8.23. The summed E-state index contributed by atoms with van der Waals surface area (Å²) < 4.78 is 10.7. The van der Waals surface area contributed by atoms with Crippen molar-refractivity contribution >= 4 is 17.5 Å². The van der Waals surface area contributed by atoms with E-state index in [0.29, 0.717) is 28.6 Å². The summed E-state index contributed by atoms with van der Waals surface area (Å²) in [7, 11) is 3.19. The lowest BCUT2D eigenvalue weighted by Crippen LogP contribution is -2.31. The Hall–Kier alpha value is -2.71. The third kappa shape index (κ3) is 4.64. The predicted molar refractivity (Wildman–Crippen MR) is 91.1 cm³/mol. The van der Waals surface area contributed by atoms with Crippen LogP contribution in [0.4, 0.5) is 0 Å². The molecule has 2 aromatic rings. The maximum Gasteiger partial charge on any atom is 0.260 e. The van der Waals surface area contributed by atoms with E-state index >= 15 is 0 Å². The minimum absolute atomic E-state index is 0.119. The van der Waals surface area contributed by atoms with Gasteiger partial charge in [0, 0.05) is 24.7 Å². The molecule has 6 heteroatoms. The van der Waals surface area contributed by atoms with E-state index in [0.717, 1.165) is 5.56 Å². The quantitative estimate of drug-likeness (QED) is 0.807. The normalized spacial score (nSPS) is 9.92. The molecule has 0 aromatic heterocycles. The number of halogens is 1. The Bertz CT molecular complexity index is 754. The summed E-state index contributed by atoms with van der Waals surface area (Å²) in [6.45, 7) is 0.343. The Kier molecular flexibility index (Phi) is 6.05. The van der Waals surface area contributed by atoms with Crippen molar-refractivity contribution in [3.8, 4) is 17.6 Å². The van der Waals surface area contributed by atoms with Gasteiger partial charge in [-0.2, -0.15) is 5.26 Å². The van der Waals surface area contributed by atoms with Crippen LogP contribution in [0.2, 0.25) is 5.02 Å². The van der Waals surface area contributed by atoms with Crippen LogP contribution in [0.1, 0.15) is 11.1 Å². The highest BCUT2D eigenvalue weighted by molar-refractivity contribution is 6.30. The summed E-state index contributed by atoms with van der Waals surface area (Å²) in [5.41, 5.74) is 1.44. The van der Waals surface area contributed by atoms with Crippen LogP contribution in [0.15, 0.2) is 42.5 Å². The van der Waals surface area contributed by atoms with Gasteiger partial charge in [-0.3, -0.25) is 4.79 Å². The molecule has 0 aliphatic rings. The van der Waals surface area contributed by atoms with E-state index in [1.54, 1.807) is 42.3 Å². The highest BCUT2D eigenvalue weighted by atomic mass is 35.5. The summed E-state index contributed by atoms with van der Waals surface area (Å²) in [6.07, 6.45) is 0. The number of nitrogens with zero attached hydrogens (tertiary/aromatic N) is 2. The molecule has 24 heavy (non-hydrogen) atoms. The maximum absolute atomic E-state index is 12.2. The highest BCUT2D eigenvalue weighted by Gasteiger charge is 2.12. The van der Waals surface area contributed by atoms with Crippen LogP contribution in [-0.2, 0) is 11.3 Å². The monoisotopic (exact) mass is 344 g/mol. The molecule has 0 aliphatic heterocycles. The number of benzene rings is 2. The van der Waals surface area contributed by atoms with Crippen LogP contribution in [-0.4, -0.2) is 31.6 Å². The minimum atomic E-state index is -0.170. The average Bonchev–Trinajstić information content (AvgIpc) is 2.61. The zero-order valence-electron chi connectivity index (χ0n) is 13.5. The van der Waals surface area contributed by atoms with Crippen LogP contribution in [0.3, 0.4) is 0 Å². The number of methoxy groups -OCH3 is 1. The molecule has 5 nitrogen and oxygen atoms in total. The fourth-order valence-electron chi connectivity index (χ4n) is 2.06. The molecule has 0 atom stereocenters. The molecule has 2 aromatic carbocycles. The Morgan fingerprint density at radius 2 is 1.92 bits per heavy atom. The van der Waals surface area contributed by atoms with E-state index < -0.39 is 0 Å². The zero-order chi connectivity index (χ0) is 17.5. The van der Waals surface area contributed by atoms with Crippen LogP contribution in [0, 0.1) is 11.3 Å². The molecule has 0 saturated heterocycles. The molecule has 0 bridgehead atoms. The second-order valence-corrected chi connectivity index (χ2v) is 5.58. The zero-order valence-corrected chi connectivity index (χ0v) is 14.2. The lowest BCUT2D eigenvalue weighted by molar-refractivity contribution is -0.132. The lowest BCUT2D eigenvalue weighted by atomic mass is 10.2. The van der Waals surface area contributed by atoms with Gasteiger partial charge in [-0.15, -0.1) is 0 Å². The van der Waals surface area contributed by atoms with Crippen LogP contribution in [0.5, 0.6) is 11.5 Å². The number of nitriles is 1. The van der Waals surface area contributed by atoms with Crippen LogP contribution < -0.4 is 9.47 Å². The third-order valence-corrected chi connectivity index (χ3v) is 3.65.